The van der Waals surface area contributed by atoms with Crippen LogP contribution in [0.15, 0.2) is 18.5 Å². The second kappa shape index (κ2) is 7.13. The molecule has 4 rings (SSSR count). The van der Waals surface area contributed by atoms with E-state index in [2.05, 4.69) is 15.2 Å². The van der Waals surface area contributed by atoms with E-state index < -0.39 is 18.8 Å². The molecule has 3 N–H and O–H groups in total. The zero-order valence-electron chi connectivity index (χ0n) is 14.0. The molecule has 1 saturated heterocycles. The van der Waals surface area contributed by atoms with Crippen molar-refractivity contribution in [2.24, 2.45) is 0 Å². The number of amides is 1. The number of carboxylic acid groups (broad SMARTS) is 1. The van der Waals surface area contributed by atoms with Crippen LogP contribution >= 0.6 is 0 Å². The van der Waals surface area contributed by atoms with Crippen molar-refractivity contribution >= 4 is 18.6 Å². The molecule has 0 unspecified atom stereocenters. The van der Waals surface area contributed by atoms with E-state index in [1.54, 1.807) is 6.07 Å². The molecular weight excluding hydrogens is 371 g/mol. The van der Waals surface area contributed by atoms with Crippen molar-refractivity contribution in [3.63, 3.8) is 0 Å². The van der Waals surface area contributed by atoms with E-state index in [4.69, 9.17) is 9.39 Å². The van der Waals surface area contributed by atoms with Crippen LogP contribution in [0.3, 0.4) is 0 Å². The molecule has 1 amide bonds. The average Bonchev–Trinajstić information content (AvgIpc) is 3.10. The Balaban J connectivity index is 0.00000225. The van der Waals surface area contributed by atoms with Crippen LogP contribution in [-0.4, -0.2) is 68.0 Å². The molecule has 1 aromatic heterocycles. The number of aryl methyl sites for hydroxylation is 1. The van der Waals surface area contributed by atoms with Crippen LogP contribution in [-0.2, 0) is 6.42 Å². The number of H-pyrrole nitrogens is 1. The van der Waals surface area contributed by atoms with Crippen LogP contribution in [0.4, 0.5) is 0 Å². The Morgan fingerprint density at radius 2 is 2.11 bits per heavy atom. The van der Waals surface area contributed by atoms with Gasteiger partial charge in [-0.15, -0.1) is 0 Å². The van der Waals surface area contributed by atoms with Gasteiger partial charge in [-0.25, -0.2) is 4.98 Å². The van der Waals surface area contributed by atoms with Crippen LogP contribution in [0.5, 0.6) is 11.5 Å². The number of carboxylic acids is 1. The highest BCUT2D eigenvalue weighted by molar-refractivity contribution is 6.59. The number of carbonyl (C=O) groups excluding carboxylic acids is 2. The van der Waals surface area contributed by atoms with Crippen LogP contribution in [0.1, 0.15) is 34.0 Å². The molecule has 0 saturated carbocycles. The summed E-state index contributed by atoms with van der Waals surface area (Å²) in [4.78, 5) is 28.9. The molecule has 0 radical (unpaired) electrons. The predicted molar refractivity (Wildman–Crippen MR) is 93.5 cm³/mol. The summed E-state index contributed by atoms with van der Waals surface area (Å²) in [5.41, 5.74) is 0.152. The van der Waals surface area contributed by atoms with Gasteiger partial charge in [0, 0.05) is 0 Å². The molecule has 0 bridgehead atoms. The molecule has 2 aliphatic heterocycles. The first kappa shape index (κ1) is 19.6. The van der Waals surface area contributed by atoms with Gasteiger partial charge in [0.2, 0.25) is 5.82 Å². The molecule has 2 aliphatic rings. The first-order chi connectivity index (χ1) is 12.8. The monoisotopic (exact) mass is 390 g/mol. The number of ether oxygens (including phenoxy) is 1. The van der Waals surface area contributed by atoms with Crippen molar-refractivity contribution in [3.05, 3.63) is 35.4 Å². The summed E-state index contributed by atoms with van der Waals surface area (Å²) in [7, 11) is 0. The van der Waals surface area contributed by atoms with Crippen LogP contribution in [0, 0.1) is 0 Å². The molecule has 1 aromatic carbocycles. The molecule has 3 heterocycles. The molecule has 0 spiro atoms. The number of aromatic carboxylic acids is 1. The number of fused-ring (bicyclic) bond motifs is 1. The average molecular weight is 390 g/mol. The lowest BCUT2D eigenvalue weighted by molar-refractivity contribution is -0.255. The van der Waals surface area contributed by atoms with Crippen molar-refractivity contribution in [2.75, 3.05) is 13.1 Å². The number of nitrogens with zero attached hydrogens (tertiary/aromatic N) is 3. The fraction of sp³-hybridized carbons (Fsp3) is 0.375. The third kappa shape index (κ3) is 3.51. The Morgan fingerprint density at radius 3 is 2.75 bits per heavy atom. The number of benzene rings is 1. The largest absolute Gasteiger partial charge is 0.669 e. The van der Waals surface area contributed by atoms with Crippen molar-refractivity contribution < 1.29 is 34.1 Å². The first-order valence-electron chi connectivity index (χ1n) is 8.32. The van der Waals surface area contributed by atoms with Crippen LogP contribution in [0.2, 0.25) is 6.32 Å². The van der Waals surface area contributed by atoms with Crippen molar-refractivity contribution in [3.8, 4) is 11.5 Å². The zero-order chi connectivity index (χ0) is 19.2. The highest BCUT2D eigenvalue weighted by atomic mass is 16.6. The second-order valence-corrected chi connectivity index (χ2v) is 6.51. The number of likely N-dealkylation sites (tertiary alicyclic amines) is 1. The van der Waals surface area contributed by atoms with Gasteiger partial charge in [-0.1, -0.05) is 19.8 Å². The Morgan fingerprint density at radius 1 is 1.36 bits per heavy atom. The van der Waals surface area contributed by atoms with Gasteiger partial charge in [0.05, 0.1) is 30.4 Å². The number of carbonyl (C=O) groups is 2. The number of hydrogen-bond donors (Lipinski definition) is 3. The Kier molecular flexibility index (Phi) is 5.00. The van der Waals surface area contributed by atoms with Gasteiger partial charge in [-0.05, 0) is 18.1 Å². The summed E-state index contributed by atoms with van der Waals surface area (Å²) in [6.45, 7) is -2.66. The van der Waals surface area contributed by atoms with Crippen LogP contribution in [0.25, 0.3) is 0 Å². The molecule has 2 aromatic rings. The zero-order valence-corrected chi connectivity index (χ0v) is 14.0. The highest BCUT2D eigenvalue weighted by Crippen LogP contribution is 2.38. The summed E-state index contributed by atoms with van der Waals surface area (Å²) in [5.74, 6) is -1.95. The normalized spacial score (nSPS) is 17.6. The minimum absolute atomic E-state index is 0. The van der Waals surface area contributed by atoms with Gasteiger partial charge in [-0.2, -0.15) is 5.10 Å². The molecule has 0 aliphatic carbocycles. The standard InChI is InChI=1S/C15H16BN4O7.CH4/c21-14(13-17-7-18-19-13)20-5-9(6-20)26-10-2-1-8-3-4-16(24,25)27-12(8)11(10)15(22)23;/h1-2,7,9,24-25H,3-6H2,(H,22,23)(H,17,18,19);1H4/q-1;/p-1. The van der Waals surface area contributed by atoms with Gasteiger partial charge in [0.1, 0.15) is 18.2 Å². The number of aromatic amines is 1. The molecule has 0 atom stereocenters. The third-order valence-corrected chi connectivity index (χ3v) is 4.55. The summed E-state index contributed by atoms with van der Waals surface area (Å²) in [6.07, 6.45) is 1.02. The van der Waals surface area contributed by atoms with E-state index in [0.717, 1.165) is 0 Å². The molecule has 12 heteroatoms. The van der Waals surface area contributed by atoms with Crippen LogP contribution < -0.4 is 14.5 Å². The van der Waals surface area contributed by atoms with E-state index in [1.165, 1.54) is 17.3 Å². The Labute approximate surface area is 159 Å². The molecule has 1 fully saturated rings. The van der Waals surface area contributed by atoms with Gasteiger partial charge in [-0.3, -0.25) is 9.89 Å². The first-order valence-corrected chi connectivity index (χ1v) is 8.32. The van der Waals surface area contributed by atoms with Gasteiger partial charge in [0.15, 0.2) is 0 Å². The molecule has 150 valence electrons. The Bertz CT molecular complexity index is 897. The highest BCUT2D eigenvalue weighted by Gasteiger charge is 2.36. The second-order valence-electron chi connectivity index (χ2n) is 6.51. The van der Waals surface area contributed by atoms with E-state index >= 15 is 0 Å². The summed E-state index contributed by atoms with van der Waals surface area (Å²) in [5, 5.41) is 37.2. The SMILES string of the molecule is C.O=C([O-])c1c(OC2CN(C(=O)c3ncn[nH]3)C2)ccc2c1O[B-](O)(O)CC2. The lowest BCUT2D eigenvalue weighted by Gasteiger charge is -2.40. The van der Waals surface area contributed by atoms with E-state index in [0.29, 0.717) is 5.56 Å². The maximum absolute atomic E-state index is 12.1. The number of hydrogen-bond acceptors (Lipinski definition) is 9. The van der Waals surface area contributed by atoms with Gasteiger partial charge < -0.3 is 34.2 Å². The van der Waals surface area contributed by atoms with E-state index in [1.807, 2.05) is 0 Å². The van der Waals surface area contributed by atoms with Gasteiger partial charge >= 0.3 is 6.75 Å². The minimum Gasteiger partial charge on any atom is -0.669 e. The van der Waals surface area contributed by atoms with E-state index in [-0.39, 0.29) is 62.1 Å². The summed E-state index contributed by atoms with van der Waals surface area (Å²) in [6, 6.07) is 3.08. The van der Waals surface area contributed by atoms with Crippen molar-refractivity contribution in [1.82, 2.24) is 20.1 Å². The smallest absolute Gasteiger partial charge is 0.430 e. The fourth-order valence-electron chi connectivity index (χ4n) is 3.14. The summed E-state index contributed by atoms with van der Waals surface area (Å²) >= 11 is 0. The summed E-state index contributed by atoms with van der Waals surface area (Å²) < 4.78 is 10.8. The quantitative estimate of drug-likeness (QED) is 0.531. The topological polar surface area (TPSA) is 161 Å². The van der Waals surface area contributed by atoms with E-state index in [9.17, 15) is 24.7 Å². The maximum Gasteiger partial charge on any atom is 0.430 e. The number of rotatable bonds is 4. The van der Waals surface area contributed by atoms with Gasteiger partial charge in [0.25, 0.3) is 5.91 Å². The Hall–Kier alpha value is -3.12. The van der Waals surface area contributed by atoms with Crippen molar-refractivity contribution in [2.45, 2.75) is 26.3 Å². The lowest BCUT2D eigenvalue weighted by Crippen LogP contribution is -2.56. The van der Waals surface area contributed by atoms with Crippen molar-refractivity contribution in [1.29, 1.82) is 0 Å². The molecule has 11 nitrogen and oxygen atoms in total. The maximum atomic E-state index is 12.1. The minimum atomic E-state index is -3.13. The number of aromatic nitrogens is 3. The third-order valence-electron chi connectivity index (χ3n) is 4.55. The molecular formula is C16H19BN4O7-2. The number of nitrogens with one attached hydrogen (secondary N) is 1. The lowest BCUT2D eigenvalue weighted by atomic mass is 9.70. The molecule has 28 heavy (non-hydrogen) atoms. The predicted octanol–water partition coefficient (Wildman–Crippen LogP) is -1.43. The fourth-order valence-corrected chi connectivity index (χ4v) is 3.14.